The first-order valence-electron chi connectivity index (χ1n) is 13.9. The minimum absolute atomic E-state index is 0.0814. The van der Waals surface area contributed by atoms with Crippen molar-refractivity contribution in [2.75, 3.05) is 20.0 Å². The molecule has 0 saturated heterocycles. The molecule has 0 radical (unpaired) electrons. The van der Waals surface area contributed by atoms with Crippen molar-refractivity contribution in [2.24, 2.45) is 4.99 Å². The van der Waals surface area contributed by atoms with Crippen molar-refractivity contribution in [1.82, 2.24) is 10.2 Å². The van der Waals surface area contributed by atoms with E-state index < -0.39 is 11.8 Å². The number of ether oxygens (including phenoxy) is 2. The van der Waals surface area contributed by atoms with Crippen LogP contribution in [0.25, 0.3) is 6.08 Å². The van der Waals surface area contributed by atoms with Crippen LogP contribution in [0.5, 0.6) is 11.5 Å². The van der Waals surface area contributed by atoms with Gasteiger partial charge >= 0.3 is 0 Å². The molecule has 4 rings (SSSR count). The number of methoxy groups -OCH3 is 2. The second kappa shape index (κ2) is 15.9. The van der Waals surface area contributed by atoms with E-state index >= 15 is 0 Å². The third-order valence-corrected chi connectivity index (χ3v) is 8.28. The molecule has 0 spiro atoms. The van der Waals surface area contributed by atoms with Gasteiger partial charge < -0.3 is 14.8 Å². The lowest BCUT2D eigenvalue weighted by Crippen LogP contribution is -2.42. The topological polar surface area (TPSA) is 97.3 Å². The molecular weight excluding hydrogens is 654 g/mol. The Kier molecular flexibility index (Phi) is 11.7. The summed E-state index contributed by atoms with van der Waals surface area (Å²) in [5.74, 6) is -0.785. The van der Waals surface area contributed by atoms with Gasteiger partial charge in [0.1, 0.15) is 17.1 Å². The third kappa shape index (κ3) is 8.09. The van der Waals surface area contributed by atoms with Crippen LogP contribution >= 0.6 is 27.7 Å². The lowest BCUT2D eigenvalue weighted by molar-refractivity contribution is -0.126. The van der Waals surface area contributed by atoms with Crippen molar-refractivity contribution >= 4 is 56.7 Å². The first-order valence-corrected chi connectivity index (χ1v) is 15.7. The number of aliphatic imine (C=N–C) groups is 1. The van der Waals surface area contributed by atoms with Gasteiger partial charge in [-0.2, -0.15) is 4.99 Å². The summed E-state index contributed by atoms with van der Waals surface area (Å²) in [7, 11) is 3.01. The number of allylic oxidation sites excluding steroid dienone is 4. The molecule has 1 N–H and O–H groups in total. The zero-order valence-corrected chi connectivity index (χ0v) is 27.4. The van der Waals surface area contributed by atoms with Crippen LogP contribution in [0.1, 0.15) is 29.7 Å². The number of amidine groups is 1. The van der Waals surface area contributed by atoms with Crippen molar-refractivity contribution in [3.05, 3.63) is 136 Å². The van der Waals surface area contributed by atoms with Crippen molar-refractivity contribution < 1.29 is 23.9 Å². The number of carbonyl (C=O) groups is 3. The average molecular weight is 687 g/mol. The van der Waals surface area contributed by atoms with Gasteiger partial charge in [0.15, 0.2) is 5.17 Å². The smallest absolute Gasteiger partial charge is 0.285 e. The van der Waals surface area contributed by atoms with Crippen LogP contribution in [0.4, 0.5) is 0 Å². The fraction of sp³-hybridized carbons (Fsp3) is 0.143. The molecule has 3 amide bonds. The molecule has 1 aliphatic heterocycles. The summed E-state index contributed by atoms with van der Waals surface area (Å²) in [4.78, 5) is 46.2. The van der Waals surface area contributed by atoms with Crippen LogP contribution in [0, 0.1) is 0 Å². The molecule has 0 atom stereocenters. The molecule has 0 unspecified atom stereocenters. The molecule has 45 heavy (non-hydrogen) atoms. The van der Waals surface area contributed by atoms with Crippen LogP contribution in [0.2, 0.25) is 0 Å². The van der Waals surface area contributed by atoms with Gasteiger partial charge in [-0.05, 0) is 52.2 Å². The number of hydrogen-bond donors (Lipinski definition) is 1. The Morgan fingerprint density at radius 3 is 2.20 bits per heavy atom. The highest BCUT2D eigenvalue weighted by molar-refractivity contribution is 9.10. The predicted octanol–water partition coefficient (Wildman–Crippen LogP) is 6.86. The number of halogens is 1. The molecule has 0 aromatic heterocycles. The molecule has 0 saturated carbocycles. The highest BCUT2D eigenvalue weighted by Gasteiger charge is 2.35. The lowest BCUT2D eigenvalue weighted by Gasteiger charge is -2.28. The Labute approximate surface area is 275 Å². The monoisotopic (exact) mass is 685 g/mol. The predicted molar refractivity (Wildman–Crippen MR) is 183 cm³/mol. The number of nitrogens with zero attached hydrogens (tertiary/aromatic N) is 2. The van der Waals surface area contributed by atoms with E-state index in [4.69, 9.17) is 9.47 Å². The Bertz CT molecular complexity index is 1660. The molecule has 3 aromatic carbocycles. The third-order valence-electron chi connectivity index (χ3n) is 6.72. The highest BCUT2D eigenvalue weighted by atomic mass is 79.9. The fourth-order valence-corrected chi connectivity index (χ4v) is 5.88. The number of hydrogen-bond acceptors (Lipinski definition) is 6. The van der Waals surface area contributed by atoms with E-state index in [1.165, 1.54) is 25.2 Å². The molecule has 1 heterocycles. The summed E-state index contributed by atoms with van der Waals surface area (Å²) in [6, 6.07) is 22.2. The fourth-order valence-electron chi connectivity index (χ4n) is 4.54. The van der Waals surface area contributed by atoms with E-state index in [1.54, 1.807) is 43.4 Å². The van der Waals surface area contributed by atoms with Gasteiger partial charge in [-0.15, -0.1) is 0 Å². The number of rotatable bonds is 11. The second-order valence-electron chi connectivity index (χ2n) is 9.55. The van der Waals surface area contributed by atoms with E-state index in [0.29, 0.717) is 27.2 Å². The molecule has 1 aliphatic rings. The molecule has 230 valence electrons. The van der Waals surface area contributed by atoms with Gasteiger partial charge in [0.25, 0.3) is 11.8 Å². The maximum absolute atomic E-state index is 14.0. The summed E-state index contributed by atoms with van der Waals surface area (Å²) in [5.41, 5.74) is 2.61. The van der Waals surface area contributed by atoms with E-state index in [1.807, 2.05) is 60.7 Å². The summed E-state index contributed by atoms with van der Waals surface area (Å²) < 4.78 is 11.4. The van der Waals surface area contributed by atoms with Crippen LogP contribution in [-0.4, -0.2) is 47.8 Å². The van der Waals surface area contributed by atoms with Gasteiger partial charge in [0.2, 0.25) is 5.91 Å². The summed E-state index contributed by atoms with van der Waals surface area (Å²) >= 11 is 4.44. The Hall–Kier alpha value is -4.67. The molecule has 0 bridgehead atoms. The molecule has 0 aliphatic carbocycles. The average Bonchev–Trinajstić information content (AvgIpc) is 3.06. The summed E-state index contributed by atoms with van der Waals surface area (Å²) in [5, 5.41) is 3.17. The number of amides is 3. The normalized spacial score (nSPS) is 14.6. The Morgan fingerprint density at radius 2 is 1.64 bits per heavy atom. The van der Waals surface area contributed by atoms with Gasteiger partial charge in [-0.1, -0.05) is 97.2 Å². The van der Waals surface area contributed by atoms with E-state index in [9.17, 15) is 14.4 Å². The van der Waals surface area contributed by atoms with Crippen molar-refractivity contribution in [2.45, 2.75) is 13.0 Å². The maximum Gasteiger partial charge on any atom is 0.285 e. The number of nitrogens with one attached hydrogen (secondary N) is 1. The number of benzene rings is 3. The molecular formula is C35H32BrN3O5S. The van der Waals surface area contributed by atoms with Crippen molar-refractivity contribution in [3.63, 3.8) is 0 Å². The van der Waals surface area contributed by atoms with Gasteiger partial charge in [0.05, 0.1) is 30.5 Å². The van der Waals surface area contributed by atoms with Crippen LogP contribution in [0.3, 0.4) is 0 Å². The quantitative estimate of drug-likeness (QED) is 0.135. The van der Waals surface area contributed by atoms with Crippen LogP contribution in [0.15, 0.2) is 124 Å². The Morgan fingerprint density at radius 1 is 1.02 bits per heavy atom. The zero-order valence-electron chi connectivity index (χ0n) is 25.0. The molecule has 0 fully saturated rings. The van der Waals surface area contributed by atoms with E-state index in [-0.39, 0.29) is 28.4 Å². The van der Waals surface area contributed by atoms with Gasteiger partial charge in [-0.3, -0.25) is 19.3 Å². The van der Waals surface area contributed by atoms with Crippen molar-refractivity contribution in [3.8, 4) is 11.5 Å². The largest absolute Gasteiger partial charge is 0.496 e. The maximum atomic E-state index is 14.0. The summed E-state index contributed by atoms with van der Waals surface area (Å²) in [6.07, 6.45) is 8.08. The van der Waals surface area contributed by atoms with Gasteiger partial charge in [0, 0.05) is 17.3 Å². The standard InChI is InChI=1S/C35H32BrN3O5S/c1-5-7-18-26(6-2)39-34(42)27(19-25-20-28(36)30(44-4)21-29(25)43-3)33(41)38-35(39)45-22-31(40)37-32(23-14-10-8-11-15-23)24-16-12-9-13-17-24/h5-21,32H,1,22H2,2-4H3,(H,37,40)/b18-7-,26-6+,27-19+. The number of carbonyl (C=O) groups excluding carboxylic acids is 3. The highest BCUT2D eigenvalue weighted by Crippen LogP contribution is 2.35. The minimum atomic E-state index is -0.734. The SMILES string of the molecule is C=C/C=C\C(=C/C)N1C(=O)/C(=C/c2cc(Br)c(OC)cc2OC)C(=O)N=C1SCC(=O)NC(c1ccccc1)c1ccccc1. The van der Waals surface area contributed by atoms with Crippen LogP contribution in [-0.2, 0) is 14.4 Å². The zero-order chi connectivity index (χ0) is 32.3. The summed E-state index contributed by atoms with van der Waals surface area (Å²) in [6.45, 7) is 5.47. The molecule has 3 aromatic rings. The Balaban J connectivity index is 1.66. The molecule has 10 heteroatoms. The minimum Gasteiger partial charge on any atom is -0.496 e. The van der Waals surface area contributed by atoms with Crippen molar-refractivity contribution in [1.29, 1.82) is 0 Å². The van der Waals surface area contributed by atoms with E-state index in [2.05, 4.69) is 32.8 Å². The first kappa shape index (κ1) is 33.2. The molecule has 8 nitrogen and oxygen atoms in total. The first-order chi connectivity index (χ1) is 21.8. The van der Waals surface area contributed by atoms with Gasteiger partial charge in [-0.25, -0.2) is 0 Å². The second-order valence-corrected chi connectivity index (χ2v) is 11.3. The number of thioether (sulfide) groups is 1. The van der Waals surface area contributed by atoms with E-state index in [0.717, 1.165) is 22.9 Å². The van der Waals surface area contributed by atoms with Crippen LogP contribution < -0.4 is 14.8 Å². The lowest BCUT2D eigenvalue weighted by atomic mass is 9.99.